The molecule has 1 saturated heterocycles. The molecule has 0 radical (unpaired) electrons. The van der Waals surface area contributed by atoms with Gasteiger partial charge in [0.15, 0.2) is 0 Å². The minimum Gasteiger partial charge on any atom is -0.397 e. The number of nitrogen functional groups attached to an aromatic ring is 1. The molecule has 0 aromatic carbocycles. The molecule has 2 atom stereocenters. The largest absolute Gasteiger partial charge is 0.397 e. The minimum atomic E-state index is -0.361. The quantitative estimate of drug-likeness (QED) is 0.870. The molecule has 106 valence electrons. The lowest BCUT2D eigenvalue weighted by atomic mass is 10.0. The van der Waals surface area contributed by atoms with Crippen LogP contribution in [0.3, 0.4) is 0 Å². The molecular formula is C14H23N3O2. The number of carbonyl (C=O) groups is 1. The van der Waals surface area contributed by atoms with Gasteiger partial charge in [-0.2, -0.15) is 0 Å². The van der Waals surface area contributed by atoms with Crippen molar-refractivity contribution in [2.24, 2.45) is 5.92 Å². The van der Waals surface area contributed by atoms with Crippen molar-refractivity contribution in [1.29, 1.82) is 0 Å². The zero-order valence-electron chi connectivity index (χ0n) is 11.8. The molecule has 1 aliphatic rings. The molecule has 2 rings (SSSR count). The van der Waals surface area contributed by atoms with E-state index in [1.807, 2.05) is 23.3 Å². The van der Waals surface area contributed by atoms with Crippen LogP contribution in [0.25, 0.3) is 0 Å². The van der Waals surface area contributed by atoms with Crippen molar-refractivity contribution in [3.8, 4) is 0 Å². The SMILES string of the molecule is CC(O)C1CCN(C(=O)c2cc(N)cn2C(C)C)C1. The zero-order valence-corrected chi connectivity index (χ0v) is 11.8. The highest BCUT2D eigenvalue weighted by Crippen LogP contribution is 2.24. The van der Waals surface area contributed by atoms with Crippen molar-refractivity contribution in [3.63, 3.8) is 0 Å². The summed E-state index contributed by atoms with van der Waals surface area (Å²) in [6, 6.07) is 1.93. The fourth-order valence-corrected chi connectivity index (χ4v) is 2.63. The van der Waals surface area contributed by atoms with Crippen molar-refractivity contribution in [2.45, 2.75) is 39.3 Å². The zero-order chi connectivity index (χ0) is 14.2. The van der Waals surface area contributed by atoms with Gasteiger partial charge in [-0.05, 0) is 33.3 Å². The molecule has 2 unspecified atom stereocenters. The monoisotopic (exact) mass is 265 g/mol. The number of aliphatic hydroxyl groups excluding tert-OH is 1. The first-order valence-corrected chi connectivity index (χ1v) is 6.84. The van der Waals surface area contributed by atoms with E-state index in [0.29, 0.717) is 24.5 Å². The Hall–Kier alpha value is -1.49. The summed E-state index contributed by atoms with van der Waals surface area (Å²) in [5.74, 6) is 0.192. The molecule has 1 amide bonds. The Morgan fingerprint density at radius 2 is 2.16 bits per heavy atom. The fraction of sp³-hybridized carbons (Fsp3) is 0.643. The van der Waals surface area contributed by atoms with Crippen molar-refractivity contribution >= 4 is 11.6 Å². The van der Waals surface area contributed by atoms with Gasteiger partial charge in [0.2, 0.25) is 0 Å². The fourth-order valence-electron chi connectivity index (χ4n) is 2.63. The average Bonchev–Trinajstić information content (AvgIpc) is 2.94. The molecule has 0 bridgehead atoms. The number of hydrogen-bond donors (Lipinski definition) is 2. The molecule has 0 spiro atoms. The maximum absolute atomic E-state index is 12.5. The third kappa shape index (κ3) is 2.76. The van der Waals surface area contributed by atoms with Crippen molar-refractivity contribution in [3.05, 3.63) is 18.0 Å². The molecule has 1 fully saturated rings. The second-order valence-corrected chi connectivity index (χ2v) is 5.70. The number of anilines is 1. The van der Waals surface area contributed by atoms with E-state index < -0.39 is 0 Å². The van der Waals surface area contributed by atoms with Gasteiger partial charge in [-0.3, -0.25) is 4.79 Å². The predicted molar refractivity (Wildman–Crippen MR) is 74.9 cm³/mol. The molecule has 3 N–H and O–H groups in total. The maximum atomic E-state index is 12.5. The lowest BCUT2D eigenvalue weighted by molar-refractivity contribution is 0.0750. The number of aliphatic hydroxyl groups is 1. The van der Waals surface area contributed by atoms with E-state index in [1.165, 1.54) is 0 Å². The molecular weight excluding hydrogens is 242 g/mol. The van der Waals surface area contributed by atoms with Gasteiger partial charge < -0.3 is 20.3 Å². The Morgan fingerprint density at radius 3 is 2.68 bits per heavy atom. The number of likely N-dealkylation sites (tertiary alicyclic amines) is 1. The lowest BCUT2D eigenvalue weighted by Gasteiger charge is -2.20. The summed E-state index contributed by atoms with van der Waals surface area (Å²) in [5, 5.41) is 9.61. The summed E-state index contributed by atoms with van der Waals surface area (Å²) in [6.07, 6.45) is 2.31. The predicted octanol–water partition coefficient (Wildman–Crippen LogP) is 1.49. The summed E-state index contributed by atoms with van der Waals surface area (Å²) in [7, 11) is 0. The Balaban J connectivity index is 2.17. The van der Waals surface area contributed by atoms with Crippen molar-refractivity contribution in [1.82, 2.24) is 9.47 Å². The summed E-state index contributed by atoms with van der Waals surface area (Å²) in [6.45, 7) is 7.17. The Labute approximate surface area is 114 Å². The van der Waals surface area contributed by atoms with Crippen LogP contribution in [-0.2, 0) is 0 Å². The molecule has 0 saturated carbocycles. The van der Waals surface area contributed by atoms with Gasteiger partial charge in [0.25, 0.3) is 5.91 Å². The highest BCUT2D eigenvalue weighted by atomic mass is 16.3. The van der Waals surface area contributed by atoms with Crippen LogP contribution in [0.5, 0.6) is 0 Å². The van der Waals surface area contributed by atoms with Crippen LogP contribution in [0.2, 0.25) is 0 Å². The number of rotatable bonds is 3. The standard InChI is InChI=1S/C14H23N3O2/c1-9(2)17-8-12(15)6-13(17)14(19)16-5-4-11(7-16)10(3)18/h6,8-11,18H,4-5,7,15H2,1-3H3. The normalized spacial score (nSPS) is 21.1. The second kappa shape index (κ2) is 5.25. The van der Waals surface area contributed by atoms with Crippen LogP contribution in [0.4, 0.5) is 5.69 Å². The molecule has 1 aliphatic heterocycles. The molecule has 1 aromatic rings. The van der Waals surface area contributed by atoms with Gasteiger partial charge in [0.1, 0.15) is 5.69 Å². The minimum absolute atomic E-state index is 0.00792. The van der Waals surface area contributed by atoms with Gasteiger partial charge in [0, 0.05) is 31.2 Å². The number of hydrogen-bond acceptors (Lipinski definition) is 3. The number of amides is 1. The van der Waals surface area contributed by atoms with E-state index in [0.717, 1.165) is 6.42 Å². The first-order chi connectivity index (χ1) is 8.90. The van der Waals surface area contributed by atoms with Crippen molar-refractivity contribution < 1.29 is 9.90 Å². The van der Waals surface area contributed by atoms with Gasteiger partial charge in [-0.1, -0.05) is 0 Å². The molecule has 2 heterocycles. The van der Waals surface area contributed by atoms with Gasteiger partial charge >= 0.3 is 0 Å². The van der Waals surface area contributed by atoms with Crippen LogP contribution >= 0.6 is 0 Å². The van der Waals surface area contributed by atoms with Gasteiger partial charge in [0.05, 0.1) is 11.8 Å². The van der Waals surface area contributed by atoms with Crippen LogP contribution < -0.4 is 5.73 Å². The van der Waals surface area contributed by atoms with Crippen LogP contribution in [0, 0.1) is 5.92 Å². The van der Waals surface area contributed by atoms with Crippen LogP contribution in [0.15, 0.2) is 12.3 Å². The van der Waals surface area contributed by atoms with E-state index in [-0.39, 0.29) is 24.0 Å². The third-order valence-electron chi connectivity index (χ3n) is 3.84. The number of carbonyl (C=O) groups excluding carboxylic acids is 1. The van der Waals surface area contributed by atoms with Gasteiger partial charge in [-0.25, -0.2) is 0 Å². The smallest absolute Gasteiger partial charge is 0.270 e. The van der Waals surface area contributed by atoms with Gasteiger partial charge in [-0.15, -0.1) is 0 Å². The molecule has 5 heteroatoms. The van der Waals surface area contributed by atoms with Crippen molar-refractivity contribution in [2.75, 3.05) is 18.8 Å². The Bertz CT molecular complexity index is 465. The number of nitrogens with two attached hydrogens (primary N) is 1. The molecule has 0 aliphatic carbocycles. The summed E-state index contributed by atoms with van der Waals surface area (Å²) < 4.78 is 1.91. The van der Waals surface area contributed by atoms with Crippen LogP contribution in [-0.4, -0.2) is 39.7 Å². The lowest BCUT2D eigenvalue weighted by Crippen LogP contribution is -2.32. The molecule has 19 heavy (non-hydrogen) atoms. The van der Waals surface area contributed by atoms with Crippen LogP contribution in [0.1, 0.15) is 43.7 Å². The highest BCUT2D eigenvalue weighted by Gasteiger charge is 2.31. The second-order valence-electron chi connectivity index (χ2n) is 5.70. The molecule has 1 aromatic heterocycles. The van der Waals surface area contributed by atoms with E-state index in [4.69, 9.17) is 5.73 Å². The third-order valence-corrected chi connectivity index (χ3v) is 3.84. The summed E-state index contributed by atoms with van der Waals surface area (Å²) in [5.41, 5.74) is 7.05. The maximum Gasteiger partial charge on any atom is 0.270 e. The number of aromatic nitrogens is 1. The summed E-state index contributed by atoms with van der Waals surface area (Å²) >= 11 is 0. The highest BCUT2D eigenvalue weighted by molar-refractivity contribution is 5.94. The Kier molecular flexibility index (Phi) is 3.85. The van der Waals surface area contributed by atoms with E-state index in [2.05, 4.69) is 0 Å². The first-order valence-electron chi connectivity index (χ1n) is 6.84. The number of nitrogens with zero attached hydrogens (tertiary/aromatic N) is 2. The Morgan fingerprint density at radius 1 is 1.47 bits per heavy atom. The van der Waals surface area contributed by atoms with E-state index in [1.54, 1.807) is 19.2 Å². The average molecular weight is 265 g/mol. The molecule has 5 nitrogen and oxygen atoms in total. The van der Waals surface area contributed by atoms with E-state index >= 15 is 0 Å². The topological polar surface area (TPSA) is 71.5 Å². The summed E-state index contributed by atoms with van der Waals surface area (Å²) in [4.78, 5) is 14.3. The first kappa shape index (κ1) is 13.9. The van der Waals surface area contributed by atoms with E-state index in [9.17, 15) is 9.90 Å².